The zero-order chi connectivity index (χ0) is 9.97. The number of carbonyl (C=O) groups is 1. The molecule has 72 valence electrons. The summed E-state index contributed by atoms with van der Waals surface area (Å²) in [5.41, 5.74) is 1.99. The minimum absolute atomic E-state index is 0.00931. The topological polar surface area (TPSA) is 41.1 Å². The number of allylic oxidation sites excluding steroid dienone is 1. The maximum Gasteiger partial charge on any atom is 0.319 e. The van der Waals surface area contributed by atoms with Crippen LogP contribution in [0.1, 0.15) is 18.5 Å². The molecule has 0 radical (unpaired) electrons. The second-order valence-corrected chi connectivity index (χ2v) is 3.34. The molecule has 0 saturated carbocycles. The Morgan fingerprint density at radius 3 is 2.57 bits per heavy atom. The van der Waals surface area contributed by atoms with Gasteiger partial charge in [-0.3, -0.25) is 0 Å². The van der Waals surface area contributed by atoms with Crippen LogP contribution in [-0.4, -0.2) is 6.03 Å². The Bertz CT molecular complexity index is 370. The lowest BCUT2D eigenvalue weighted by atomic mass is 10.1. The van der Waals surface area contributed by atoms with Crippen molar-refractivity contribution in [2.24, 2.45) is 0 Å². The van der Waals surface area contributed by atoms with Crippen molar-refractivity contribution in [2.75, 3.05) is 0 Å². The number of carbonyl (C=O) groups excluding carboxylic acids is 1. The van der Waals surface area contributed by atoms with E-state index < -0.39 is 0 Å². The zero-order valence-electron chi connectivity index (χ0n) is 7.95. The van der Waals surface area contributed by atoms with E-state index in [2.05, 4.69) is 10.6 Å². The van der Waals surface area contributed by atoms with E-state index in [4.69, 9.17) is 0 Å². The van der Waals surface area contributed by atoms with Crippen molar-refractivity contribution in [3.8, 4) is 0 Å². The van der Waals surface area contributed by atoms with Gasteiger partial charge >= 0.3 is 6.03 Å². The van der Waals surface area contributed by atoms with E-state index in [-0.39, 0.29) is 12.1 Å². The van der Waals surface area contributed by atoms with Crippen LogP contribution < -0.4 is 10.6 Å². The van der Waals surface area contributed by atoms with E-state index in [1.807, 2.05) is 43.3 Å². The fraction of sp³-hybridized carbons (Fsp3) is 0.182. The number of urea groups is 1. The third-order valence-electron chi connectivity index (χ3n) is 2.17. The molecule has 1 aliphatic rings. The third-order valence-corrected chi connectivity index (χ3v) is 2.17. The third kappa shape index (κ3) is 1.76. The Morgan fingerprint density at radius 1 is 1.21 bits per heavy atom. The van der Waals surface area contributed by atoms with Gasteiger partial charge in [0, 0.05) is 5.70 Å². The normalized spacial score (nSPS) is 20.8. The van der Waals surface area contributed by atoms with Crippen LogP contribution in [0.2, 0.25) is 0 Å². The number of benzene rings is 1. The molecule has 1 heterocycles. The van der Waals surface area contributed by atoms with Gasteiger partial charge in [0.1, 0.15) is 0 Å². The zero-order valence-corrected chi connectivity index (χ0v) is 7.95. The number of amides is 2. The van der Waals surface area contributed by atoms with Crippen molar-refractivity contribution in [1.29, 1.82) is 0 Å². The van der Waals surface area contributed by atoms with Crippen molar-refractivity contribution in [3.63, 3.8) is 0 Å². The maximum absolute atomic E-state index is 11.2. The standard InChI is InChI=1S/C11H12N2O/c1-8-7-10(13-11(14)12-8)9-5-3-2-4-6-9/h2-7,10H,1H3,(H2,12,13,14). The van der Waals surface area contributed by atoms with Crippen LogP contribution in [0.15, 0.2) is 42.1 Å². The first kappa shape index (κ1) is 8.81. The van der Waals surface area contributed by atoms with Gasteiger partial charge < -0.3 is 10.6 Å². The molecule has 0 saturated heterocycles. The summed E-state index contributed by atoms with van der Waals surface area (Å²) in [6.07, 6.45) is 2.00. The molecular formula is C11H12N2O. The molecule has 1 aromatic rings. The predicted octanol–water partition coefficient (Wildman–Crippen LogP) is 1.94. The van der Waals surface area contributed by atoms with Crippen LogP contribution in [-0.2, 0) is 0 Å². The SMILES string of the molecule is CC1=CC(c2ccccc2)NC(=O)N1. The van der Waals surface area contributed by atoms with E-state index in [9.17, 15) is 4.79 Å². The van der Waals surface area contributed by atoms with Crippen molar-refractivity contribution in [3.05, 3.63) is 47.7 Å². The molecule has 2 amide bonds. The average Bonchev–Trinajstić information content (AvgIpc) is 2.18. The van der Waals surface area contributed by atoms with Gasteiger partial charge in [0.05, 0.1) is 6.04 Å². The van der Waals surface area contributed by atoms with E-state index >= 15 is 0 Å². The number of nitrogens with one attached hydrogen (secondary N) is 2. The summed E-state index contributed by atoms with van der Waals surface area (Å²) in [7, 11) is 0. The molecule has 1 aromatic carbocycles. The molecule has 0 fully saturated rings. The molecule has 14 heavy (non-hydrogen) atoms. The lowest BCUT2D eigenvalue weighted by molar-refractivity contribution is 0.239. The fourth-order valence-corrected chi connectivity index (χ4v) is 1.53. The molecule has 3 heteroatoms. The first-order chi connectivity index (χ1) is 6.75. The molecular weight excluding hydrogens is 176 g/mol. The molecule has 0 bridgehead atoms. The monoisotopic (exact) mass is 188 g/mol. The molecule has 0 spiro atoms. The van der Waals surface area contributed by atoms with E-state index in [0.29, 0.717) is 0 Å². The highest BCUT2D eigenvalue weighted by molar-refractivity contribution is 5.78. The number of hydrogen-bond acceptors (Lipinski definition) is 1. The molecule has 3 nitrogen and oxygen atoms in total. The van der Waals surface area contributed by atoms with Crippen LogP contribution in [0.25, 0.3) is 0 Å². The molecule has 2 rings (SSSR count). The van der Waals surface area contributed by atoms with Gasteiger partial charge in [0.15, 0.2) is 0 Å². The summed E-state index contributed by atoms with van der Waals surface area (Å²) in [4.78, 5) is 11.2. The lowest BCUT2D eigenvalue weighted by Crippen LogP contribution is -2.40. The molecule has 0 aliphatic carbocycles. The largest absolute Gasteiger partial charge is 0.327 e. The predicted molar refractivity (Wildman–Crippen MR) is 54.6 cm³/mol. The highest BCUT2D eigenvalue weighted by Crippen LogP contribution is 2.17. The Morgan fingerprint density at radius 2 is 1.93 bits per heavy atom. The fourth-order valence-electron chi connectivity index (χ4n) is 1.53. The second-order valence-electron chi connectivity index (χ2n) is 3.34. The maximum atomic E-state index is 11.2. The minimum atomic E-state index is -0.140. The number of rotatable bonds is 1. The van der Waals surface area contributed by atoms with Crippen LogP contribution in [0.4, 0.5) is 4.79 Å². The van der Waals surface area contributed by atoms with Gasteiger partial charge in [-0.2, -0.15) is 0 Å². The van der Waals surface area contributed by atoms with Crippen LogP contribution in [0.5, 0.6) is 0 Å². The quantitative estimate of drug-likeness (QED) is 0.694. The first-order valence-corrected chi connectivity index (χ1v) is 4.56. The smallest absolute Gasteiger partial charge is 0.319 e. The van der Waals surface area contributed by atoms with E-state index in [0.717, 1.165) is 11.3 Å². The minimum Gasteiger partial charge on any atom is -0.327 e. The highest BCUT2D eigenvalue weighted by atomic mass is 16.2. The summed E-state index contributed by atoms with van der Waals surface area (Å²) in [6.45, 7) is 1.88. The number of hydrogen-bond donors (Lipinski definition) is 2. The van der Waals surface area contributed by atoms with Gasteiger partial charge in [0.25, 0.3) is 0 Å². The van der Waals surface area contributed by atoms with Gasteiger partial charge in [-0.25, -0.2) is 4.79 Å². The highest BCUT2D eigenvalue weighted by Gasteiger charge is 2.16. The van der Waals surface area contributed by atoms with Gasteiger partial charge in [0.2, 0.25) is 0 Å². The Balaban J connectivity index is 2.28. The average molecular weight is 188 g/mol. The van der Waals surface area contributed by atoms with Crippen molar-refractivity contribution in [1.82, 2.24) is 10.6 Å². The summed E-state index contributed by atoms with van der Waals surface area (Å²) in [5, 5.41) is 5.53. The van der Waals surface area contributed by atoms with Gasteiger partial charge in [-0.15, -0.1) is 0 Å². The van der Waals surface area contributed by atoms with Gasteiger partial charge in [-0.05, 0) is 18.6 Å². The molecule has 1 aliphatic heterocycles. The summed E-state index contributed by atoms with van der Waals surface area (Å²) in [5.74, 6) is 0. The molecule has 2 N–H and O–H groups in total. The Labute approximate surface area is 82.8 Å². The molecule has 1 unspecified atom stereocenters. The molecule has 1 atom stereocenters. The summed E-state index contributed by atoms with van der Waals surface area (Å²) in [6, 6.07) is 9.74. The van der Waals surface area contributed by atoms with Crippen LogP contribution >= 0.6 is 0 Å². The van der Waals surface area contributed by atoms with Crippen molar-refractivity contribution < 1.29 is 4.79 Å². The van der Waals surface area contributed by atoms with E-state index in [1.54, 1.807) is 0 Å². The second kappa shape index (κ2) is 3.54. The van der Waals surface area contributed by atoms with Crippen molar-refractivity contribution in [2.45, 2.75) is 13.0 Å². The summed E-state index contributed by atoms with van der Waals surface area (Å²) < 4.78 is 0. The summed E-state index contributed by atoms with van der Waals surface area (Å²) >= 11 is 0. The Hall–Kier alpha value is -1.77. The van der Waals surface area contributed by atoms with E-state index in [1.165, 1.54) is 0 Å². The Kier molecular flexibility index (Phi) is 2.23. The van der Waals surface area contributed by atoms with Crippen LogP contribution in [0.3, 0.4) is 0 Å². The molecule has 0 aromatic heterocycles. The lowest BCUT2D eigenvalue weighted by Gasteiger charge is -2.22. The van der Waals surface area contributed by atoms with Crippen LogP contribution in [0, 0.1) is 0 Å². The van der Waals surface area contributed by atoms with Crippen molar-refractivity contribution >= 4 is 6.03 Å². The van der Waals surface area contributed by atoms with Gasteiger partial charge in [-0.1, -0.05) is 30.3 Å². The first-order valence-electron chi connectivity index (χ1n) is 4.56.